The second kappa shape index (κ2) is 3.96. The highest BCUT2D eigenvalue weighted by atomic mass is 35.5. The maximum absolute atomic E-state index is 12.0. The first-order valence-electron chi connectivity index (χ1n) is 6.53. The molecule has 1 aliphatic heterocycles. The van der Waals surface area contributed by atoms with Crippen LogP contribution in [0.5, 0.6) is 0 Å². The maximum atomic E-state index is 12.0. The van der Waals surface area contributed by atoms with E-state index in [-0.39, 0.29) is 11.6 Å². The normalized spacial score (nSPS) is 17.0. The highest BCUT2D eigenvalue weighted by Gasteiger charge is 2.26. The van der Waals surface area contributed by atoms with Crippen LogP contribution in [0.2, 0.25) is 5.02 Å². The van der Waals surface area contributed by atoms with Gasteiger partial charge in [0.25, 0.3) is 5.56 Å². The van der Waals surface area contributed by atoms with Crippen LogP contribution in [0.15, 0.2) is 35.3 Å². The zero-order chi connectivity index (χ0) is 13.9. The first-order chi connectivity index (χ1) is 9.65. The number of aromatic amines is 1. The lowest BCUT2D eigenvalue weighted by Crippen LogP contribution is -2.29. The highest BCUT2D eigenvalue weighted by molar-refractivity contribution is 6.31. The van der Waals surface area contributed by atoms with Gasteiger partial charge in [-0.1, -0.05) is 11.6 Å². The van der Waals surface area contributed by atoms with Crippen molar-refractivity contribution in [1.82, 2.24) is 14.5 Å². The molecular formula is C15H12ClN3O. The topological polar surface area (TPSA) is 50.7 Å². The zero-order valence-electron chi connectivity index (χ0n) is 10.9. The quantitative estimate of drug-likeness (QED) is 0.690. The van der Waals surface area contributed by atoms with Crippen molar-refractivity contribution in [2.45, 2.75) is 19.4 Å². The van der Waals surface area contributed by atoms with Crippen molar-refractivity contribution in [3.63, 3.8) is 0 Å². The van der Waals surface area contributed by atoms with Crippen molar-refractivity contribution in [1.29, 1.82) is 0 Å². The molecule has 5 heteroatoms. The molecule has 0 saturated heterocycles. The molecule has 100 valence electrons. The number of nitrogens with one attached hydrogen (secondary N) is 1. The average Bonchev–Trinajstić information content (AvgIpc) is 2.77. The summed E-state index contributed by atoms with van der Waals surface area (Å²) in [5, 5.41) is 1.83. The standard InChI is InChI=1S/C15H12ClN3O/c1-8-6-11-10-7-9(16)2-3-12(10)18-14(11)15-17-5-4-13(20)19(8)15/h2-5,7-8,18H,6H2,1H3. The van der Waals surface area contributed by atoms with Crippen LogP contribution in [0.1, 0.15) is 18.5 Å². The Bertz CT molecular complexity index is 894. The highest BCUT2D eigenvalue weighted by Crippen LogP contribution is 2.37. The molecule has 3 aromatic rings. The van der Waals surface area contributed by atoms with E-state index in [1.54, 1.807) is 10.8 Å². The van der Waals surface area contributed by atoms with Crippen LogP contribution >= 0.6 is 11.6 Å². The SMILES string of the molecule is CC1Cc2c([nH]c3ccc(Cl)cc23)-c2nccc(=O)n21. The molecule has 0 fully saturated rings. The lowest BCUT2D eigenvalue weighted by atomic mass is 9.99. The molecule has 1 aliphatic rings. The first kappa shape index (κ1) is 11.7. The molecule has 0 bridgehead atoms. The molecule has 0 radical (unpaired) electrons. The second-order valence-corrected chi connectivity index (χ2v) is 5.63. The fourth-order valence-electron chi connectivity index (χ4n) is 3.04. The van der Waals surface area contributed by atoms with E-state index in [2.05, 4.69) is 9.97 Å². The summed E-state index contributed by atoms with van der Waals surface area (Å²) in [4.78, 5) is 19.8. The largest absolute Gasteiger partial charge is 0.352 e. The maximum Gasteiger partial charge on any atom is 0.254 e. The van der Waals surface area contributed by atoms with Crippen molar-refractivity contribution in [2.24, 2.45) is 0 Å². The van der Waals surface area contributed by atoms with Gasteiger partial charge in [-0.2, -0.15) is 0 Å². The molecule has 1 atom stereocenters. The molecule has 4 nitrogen and oxygen atoms in total. The van der Waals surface area contributed by atoms with Gasteiger partial charge in [-0.25, -0.2) is 4.98 Å². The summed E-state index contributed by atoms with van der Waals surface area (Å²) in [6.45, 7) is 2.04. The summed E-state index contributed by atoms with van der Waals surface area (Å²) >= 11 is 6.10. The average molecular weight is 286 g/mol. The minimum absolute atomic E-state index is 0.00941. The number of hydrogen-bond donors (Lipinski definition) is 1. The van der Waals surface area contributed by atoms with Crippen LogP contribution in [0.3, 0.4) is 0 Å². The Kier molecular flexibility index (Phi) is 2.32. The fraction of sp³-hybridized carbons (Fsp3) is 0.200. The van der Waals surface area contributed by atoms with E-state index in [0.29, 0.717) is 5.82 Å². The van der Waals surface area contributed by atoms with Crippen molar-refractivity contribution in [3.05, 3.63) is 51.4 Å². The zero-order valence-corrected chi connectivity index (χ0v) is 11.6. The van der Waals surface area contributed by atoms with Crippen LogP contribution in [0.25, 0.3) is 22.4 Å². The lowest BCUT2D eigenvalue weighted by Gasteiger charge is -2.23. The van der Waals surface area contributed by atoms with E-state index < -0.39 is 0 Å². The van der Waals surface area contributed by atoms with E-state index >= 15 is 0 Å². The Morgan fingerprint density at radius 2 is 2.25 bits per heavy atom. The first-order valence-corrected chi connectivity index (χ1v) is 6.91. The molecule has 3 heterocycles. The van der Waals surface area contributed by atoms with Crippen LogP contribution in [0, 0.1) is 0 Å². The predicted octanol–water partition coefficient (Wildman–Crippen LogP) is 3.16. The van der Waals surface area contributed by atoms with Gasteiger partial charge >= 0.3 is 0 Å². The third kappa shape index (κ3) is 1.48. The summed E-state index contributed by atoms with van der Waals surface area (Å²) in [6.07, 6.45) is 2.36. The lowest BCUT2D eigenvalue weighted by molar-refractivity contribution is 0.513. The third-order valence-corrected chi connectivity index (χ3v) is 4.15. The smallest absolute Gasteiger partial charge is 0.254 e. The summed E-state index contributed by atoms with van der Waals surface area (Å²) in [5.74, 6) is 0.707. The van der Waals surface area contributed by atoms with E-state index in [1.165, 1.54) is 11.6 Å². The van der Waals surface area contributed by atoms with Gasteiger partial charge < -0.3 is 4.98 Å². The summed E-state index contributed by atoms with van der Waals surface area (Å²) < 4.78 is 1.75. The monoisotopic (exact) mass is 285 g/mol. The van der Waals surface area contributed by atoms with Crippen molar-refractivity contribution in [2.75, 3.05) is 0 Å². The van der Waals surface area contributed by atoms with Gasteiger partial charge in [0.2, 0.25) is 0 Å². The van der Waals surface area contributed by atoms with Crippen LogP contribution in [-0.2, 0) is 6.42 Å². The molecule has 0 aliphatic carbocycles. The van der Waals surface area contributed by atoms with Crippen molar-refractivity contribution >= 4 is 22.5 Å². The van der Waals surface area contributed by atoms with E-state index in [1.807, 2.05) is 25.1 Å². The Hall–Kier alpha value is -2.07. The molecule has 1 N–H and O–H groups in total. The van der Waals surface area contributed by atoms with E-state index in [0.717, 1.165) is 28.0 Å². The van der Waals surface area contributed by atoms with Gasteiger partial charge in [0.05, 0.1) is 5.69 Å². The number of rotatable bonds is 0. The van der Waals surface area contributed by atoms with Crippen molar-refractivity contribution < 1.29 is 0 Å². The Morgan fingerprint density at radius 3 is 3.10 bits per heavy atom. The van der Waals surface area contributed by atoms with Gasteiger partial charge in [0.15, 0.2) is 5.82 Å². The number of hydrogen-bond acceptors (Lipinski definition) is 2. The minimum Gasteiger partial charge on any atom is -0.352 e. The summed E-state index contributed by atoms with van der Waals surface area (Å²) in [5.41, 5.74) is 3.13. The van der Waals surface area contributed by atoms with E-state index in [4.69, 9.17) is 11.6 Å². The fourth-order valence-corrected chi connectivity index (χ4v) is 3.21. The number of halogens is 1. The van der Waals surface area contributed by atoms with Gasteiger partial charge in [0.1, 0.15) is 0 Å². The van der Waals surface area contributed by atoms with Crippen LogP contribution < -0.4 is 5.56 Å². The molecule has 1 unspecified atom stereocenters. The minimum atomic E-state index is -0.00941. The Labute approximate surface area is 120 Å². The van der Waals surface area contributed by atoms with Gasteiger partial charge in [-0.15, -0.1) is 0 Å². The number of benzene rings is 1. The molecular weight excluding hydrogens is 274 g/mol. The number of aromatic nitrogens is 3. The van der Waals surface area contributed by atoms with Crippen molar-refractivity contribution in [3.8, 4) is 11.5 Å². The molecule has 20 heavy (non-hydrogen) atoms. The van der Waals surface area contributed by atoms with E-state index in [9.17, 15) is 4.79 Å². The molecule has 1 aromatic carbocycles. The Balaban J connectivity index is 2.12. The molecule has 0 spiro atoms. The van der Waals surface area contributed by atoms with Gasteiger partial charge in [0, 0.05) is 34.2 Å². The summed E-state index contributed by atoms with van der Waals surface area (Å²) in [7, 11) is 0. The van der Waals surface area contributed by atoms with Crippen LogP contribution in [-0.4, -0.2) is 14.5 Å². The third-order valence-electron chi connectivity index (χ3n) is 3.91. The predicted molar refractivity (Wildman–Crippen MR) is 79.2 cm³/mol. The number of H-pyrrole nitrogens is 1. The molecule has 0 saturated carbocycles. The Morgan fingerprint density at radius 1 is 1.40 bits per heavy atom. The second-order valence-electron chi connectivity index (χ2n) is 5.20. The van der Waals surface area contributed by atoms with Crippen LogP contribution in [0.4, 0.5) is 0 Å². The molecule has 4 rings (SSSR count). The van der Waals surface area contributed by atoms with Gasteiger partial charge in [-0.3, -0.25) is 9.36 Å². The number of fused-ring (bicyclic) bond motifs is 5. The molecule has 0 amide bonds. The summed E-state index contributed by atoms with van der Waals surface area (Å²) in [6, 6.07) is 7.39. The van der Waals surface area contributed by atoms with Gasteiger partial charge in [-0.05, 0) is 37.1 Å². The molecule has 2 aromatic heterocycles. The number of nitrogens with zero attached hydrogens (tertiary/aromatic N) is 2.